The van der Waals surface area contributed by atoms with Crippen molar-refractivity contribution in [2.45, 2.75) is 25.7 Å². The van der Waals surface area contributed by atoms with E-state index in [1.54, 1.807) is 13.3 Å². The Morgan fingerprint density at radius 1 is 1.00 bits per heavy atom. The lowest BCUT2D eigenvalue weighted by atomic mass is 9.87. The molecule has 4 rings (SSSR count). The molecule has 0 aliphatic heterocycles. The number of hydrogen-bond acceptors (Lipinski definition) is 3. The van der Waals surface area contributed by atoms with Gasteiger partial charge < -0.3 is 10.1 Å². The Kier molecular flexibility index (Phi) is 4.88. The monoisotopic (exact) mass is 358 g/mol. The summed E-state index contributed by atoms with van der Waals surface area (Å²) in [7, 11) is 1.66. The van der Waals surface area contributed by atoms with Crippen LogP contribution in [-0.2, 0) is 4.79 Å². The summed E-state index contributed by atoms with van der Waals surface area (Å²) in [5.41, 5.74) is 4.67. The number of para-hydroxylation sites is 1. The van der Waals surface area contributed by atoms with Crippen molar-refractivity contribution in [1.82, 2.24) is 4.98 Å². The first-order valence-electron chi connectivity index (χ1n) is 9.28. The average Bonchev–Trinajstić information content (AvgIpc) is 2.74. The topological polar surface area (TPSA) is 51.2 Å². The number of nitrogens with one attached hydrogen (secondary N) is 1. The second-order valence-electron chi connectivity index (χ2n) is 6.73. The van der Waals surface area contributed by atoms with E-state index in [-0.39, 0.29) is 5.91 Å². The normalized spacial score (nSPS) is 14.3. The standard InChI is InChI=1S/C23H22N2O2/c1-27-18-13-11-16(12-14-18)19-8-2-3-9-20(19)23(26)25-21-10-4-6-17-7-5-15-24-22(17)21/h4-7,10-15H,2-3,8-9H2,1H3,(H,25,26). The summed E-state index contributed by atoms with van der Waals surface area (Å²) in [6.45, 7) is 0. The summed E-state index contributed by atoms with van der Waals surface area (Å²) in [6.07, 6.45) is 5.61. The number of nitrogens with zero attached hydrogens (tertiary/aromatic N) is 1. The maximum atomic E-state index is 13.1. The van der Waals surface area contributed by atoms with Gasteiger partial charge in [-0.3, -0.25) is 9.78 Å². The van der Waals surface area contributed by atoms with Crippen LogP contribution in [0.4, 0.5) is 5.69 Å². The third-order valence-corrected chi connectivity index (χ3v) is 5.06. The molecule has 0 saturated carbocycles. The fraction of sp³-hybridized carbons (Fsp3) is 0.217. The zero-order chi connectivity index (χ0) is 18.6. The van der Waals surface area contributed by atoms with Gasteiger partial charge in [0.1, 0.15) is 5.75 Å². The maximum Gasteiger partial charge on any atom is 0.251 e. The molecule has 1 N–H and O–H groups in total. The molecule has 0 fully saturated rings. The molecular formula is C23H22N2O2. The quantitative estimate of drug-likeness (QED) is 0.696. The first-order valence-corrected chi connectivity index (χ1v) is 9.28. The lowest BCUT2D eigenvalue weighted by molar-refractivity contribution is -0.113. The van der Waals surface area contributed by atoms with Gasteiger partial charge in [-0.15, -0.1) is 0 Å². The third-order valence-electron chi connectivity index (χ3n) is 5.06. The summed E-state index contributed by atoms with van der Waals surface area (Å²) in [4.78, 5) is 17.5. The van der Waals surface area contributed by atoms with Crippen LogP contribution in [0, 0.1) is 0 Å². The van der Waals surface area contributed by atoms with Crippen LogP contribution in [0.5, 0.6) is 5.75 Å². The number of methoxy groups -OCH3 is 1. The highest BCUT2D eigenvalue weighted by Gasteiger charge is 2.21. The Hall–Kier alpha value is -3.14. The van der Waals surface area contributed by atoms with Gasteiger partial charge in [0.2, 0.25) is 0 Å². The van der Waals surface area contributed by atoms with Gasteiger partial charge in [-0.25, -0.2) is 0 Å². The Bertz CT molecular complexity index is 1000. The van der Waals surface area contributed by atoms with E-state index < -0.39 is 0 Å². The van der Waals surface area contributed by atoms with Crippen LogP contribution in [0.3, 0.4) is 0 Å². The molecule has 2 aromatic carbocycles. The van der Waals surface area contributed by atoms with Crippen LogP contribution in [0.1, 0.15) is 31.2 Å². The van der Waals surface area contributed by atoms with E-state index in [0.29, 0.717) is 0 Å². The van der Waals surface area contributed by atoms with Crippen molar-refractivity contribution < 1.29 is 9.53 Å². The summed E-state index contributed by atoms with van der Waals surface area (Å²) in [5.74, 6) is 0.793. The van der Waals surface area contributed by atoms with Crippen LogP contribution >= 0.6 is 0 Å². The molecule has 1 heterocycles. The zero-order valence-corrected chi connectivity index (χ0v) is 15.4. The number of fused-ring (bicyclic) bond motifs is 1. The summed E-state index contributed by atoms with van der Waals surface area (Å²) >= 11 is 0. The largest absolute Gasteiger partial charge is 0.497 e. The molecule has 27 heavy (non-hydrogen) atoms. The molecule has 1 aromatic heterocycles. The fourth-order valence-corrected chi connectivity index (χ4v) is 3.67. The molecule has 0 saturated heterocycles. The second-order valence-corrected chi connectivity index (χ2v) is 6.73. The Morgan fingerprint density at radius 3 is 2.59 bits per heavy atom. The molecule has 1 aliphatic rings. The number of pyridine rings is 1. The van der Waals surface area contributed by atoms with Crippen molar-refractivity contribution in [3.63, 3.8) is 0 Å². The van der Waals surface area contributed by atoms with Crippen molar-refractivity contribution in [2.75, 3.05) is 12.4 Å². The number of allylic oxidation sites excluding steroid dienone is 1. The van der Waals surface area contributed by atoms with Crippen molar-refractivity contribution in [1.29, 1.82) is 0 Å². The van der Waals surface area contributed by atoms with Gasteiger partial charge in [-0.2, -0.15) is 0 Å². The smallest absolute Gasteiger partial charge is 0.251 e. The summed E-state index contributed by atoms with van der Waals surface area (Å²) in [5, 5.41) is 4.11. The second kappa shape index (κ2) is 7.62. The van der Waals surface area contributed by atoms with Crippen molar-refractivity contribution in [2.24, 2.45) is 0 Å². The van der Waals surface area contributed by atoms with Gasteiger partial charge in [-0.1, -0.05) is 30.3 Å². The number of hydrogen-bond donors (Lipinski definition) is 1. The van der Waals surface area contributed by atoms with E-state index in [0.717, 1.165) is 64.7 Å². The minimum absolute atomic E-state index is 0.0290. The number of carbonyl (C=O) groups is 1. The highest BCUT2D eigenvalue weighted by Crippen LogP contribution is 2.34. The highest BCUT2D eigenvalue weighted by atomic mass is 16.5. The molecule has 136 valence electrons. The fourth-order valence-electron chi connectivity index (χ4n) is 3.67. The van der Waals surface area contributed by atoms with E-state index in [9.17, 15) is 4.79 Å². The lowest BCUT2D eigenvalue weighted by Gasteiger charge is -2.21. The number of benzene rings is 2. The van der Waals surface area contributed by atoms with E-state index in [1.807, 2.05) is 54.6 Å². The van der Waals surface area contributed by atoms with Crippen molar-refractivity contribution >= 4 is 28.1 Å². The minimum atomic E-state index is -0.0290. The first-order chi connectivity index (χ1) is 13.3. The number of ether oxygens (including phenoxy) is 1. The molecule has 4 nitrogen and oxygen atoms in total. The molecular weight excluding hydrogens is 336 g/mol. The first kappa shape index (κ1) is 17.3. The van der Waals surface area contributed by atoms with Crippen molar-refractivity contribution in [3.05, 3.63) is 71.9 Å². The van der Waals surface area contributed by atoms with Gasteiger partial charge >= 0.3 is 0 Å². The maximum absolute atomic E-state index is 13.1. The molecule has 1 amide bonds. The van der Waals surface area contributed by atoms with Gasteiger partial charge in [0.05, 0.1) is 18.3 Å². The van der Waals surface area contributed by atoms with Gasteiger partial charge in [0, 0.05) is 17.2 Å². The average molecular weight is 358 g/mol. The molecule has 0 atom stereocenters. The third kappa shape index (κ3) is 3.56. The predicted octanol–water partition coefficient (Wildman–Crippen LogP) is 5.21. The molecule has 0 unspecified atom stereocenters. The Labute approximate surface area is 158 Å². The number of aromatic nitrogens is 1. The molecule has 0 spiro atoms. The number of rotatable bonds is 4. The lowest BCUT2D eigenvalue weighted by Crippen LogP contribution is -2.18. The van der Waals surface area contributed by atoms with E-state index in [2.05, 4.69) is 10.3 Å². The number of carbonyl (C=O) groups excluding carboxylic acids is 1. The minimum Gasteiger partial charge on any atom is -0.497 e. The highest BCUT2D eigenvalue weighted by molar-refractivity contribution is 6.11. The summed E-state index contributed by atoms with van der Waals surface area (Å²) < 4.78 is 5.25. The van der Waals surface area contributed by atoms with Gasteiger partial charge in [0.25, 0.3) is 5.91 Å². The molecule has 1 aliphatic carbocycles. The summed E-state index contributed by atoms with van der Waals surface area (Å²) in [6, 6.07) is 17.7. The van der Waals surface area contributed by atoms with E-state index in [4.69, 9.17) is 4.74 Å². The molecule has 4 heteroatoms. The van der Waals surface area contributed by atoms with Crippen molar-refractivity contribution in [3.8, 4) is 5.75 Å². The van der Waals surface area contributed by atoms with Crippen LogP contribution in [0.25, 0.3) is 16.5 Å². The SMILES string of the molecule is COc1ccc(C2=C(C(=O)Nc3cccc4cccnc34)CCCC2)cc1. The van der Waals surface area contributed by atoms with Crippen LogP contribution in [0.2, 0.25) is 0 Å². The van der Waals surface area contributed by atoms with E-state index in [1.165, 1.54) is 0 Å². The van der Waals surface area contributed by atoms with E-state index >= 15 is 0 Å². The van der Waals surface area contributed by atoms with Gasteiger partial charge in [-0.05, 0) is 61.1 Å². The van der Waals surface area contributed by atoms with Crippen LogP contribution < -0.4 is 10.1 Å². The Morgan fingerprint density at radius 2 is 1.78 bits per heavy atom. The Balaban J connectivity index is 1.68. The number of amides is 1. The van der Waals surface area contributed by atoms with Gasteiger partial charge in [0.15, 0.2) is 0 Å². The zero-order valence-electron chi connectivity index (χ0n) is 15.4. The number of anilines is 1. The van der Waals surface area contributed by atoms with Crippen LogP contribution in [-0.4, -0.2) is 18.0 Å². The van der Waals surface area contributed by atoms with Crippen LogP contribution in [0.15, 0.2) is 66.4 Å². The molecule has 0 bridgehead atoms. The molecule has 0 radical (unpaired) electrons. The predicted molar refractivity (Wildman–Crippen MR) is 109 cm³/mol. The molecule has 3 aromatic rings.